The maximum absolute atomic E-state index is 4.27. The lowest BCUT2D eigenvalue weighted by Gasteiger charge is -2.15. The van der Waals surface area contributed by atoms with Crippen LogP contribution in [0.3, 0.4) is 0 Å². The highest BCUT2D eigenvalue weighted by Gasteiger charge is 2.04. The second-order valence-electron chi connectivity index (χ2n) is 5.11. The van der Waals surface area contributed by atoms with E-state index in [1.165, 1.54) is 30.6 Å². The van der Waals surface area contributed by atoms with E-state index in [4.69, 9.17) is 0 Å². The van der Waals surface area contributed by atoms with Crippen molar-refractivity contribution in [1.82, 2.24) is 10.6 Å². The molecule has 1 aromatic heterocycles. The molecule has 0 amide bonds. The van der Waals surface area contributed by atoms with Crippen LogP contribution in [0, 0.1) is 0 Å². The first-order valence-corrected chi connectivity index (χ1v) is 8.41. The van der Waals surface area contributed by atoms with Gasteiger partial charge in [0.1, 0.15) is 0 Å². The Balaban J connectivity index is 1.61. The van der Waals surface area contributed by atoms with Gasteiger partial charge in [-0.3, -0.25) is 4.99 Å². The molecule has 0 atom stereocenters. The summed E-state index contributed by atoms with van der Waals surface area (Å²) in [6, 6.07) is 4.28. The van der Waals surface area contributed by atoms with Crippen molar-refractivity contribution in [3.63, 3.8) is 0 Å². The van der Waals surface area contributed by atoms with E-state index in [1.54, 1.807) is 5.57 Å². The molecule has 0 unspecified atom stereocenters. The Morgan fingerprint density at radius 2 is 2.10 bits per heavy atom. The van der Waals surface area contributed by atoms with Crippen LogP contribution in [-0.2, 0) is 6.42 Å². The predicted molar refractivity (Wildman–Crippen MR) is 88.6 cm³/mol. The number of nitrogens with one attached hydrogen (secondary N) is 2. The molecule has 1 aromatic rings. The number of hydrogen-bond acceptors (Lipinski definition) is 2. The molecular formula is C16H25N3S. The van der Waals surface area contributed by atoms with Gasteiger partial charge in [-0.2, -0.15) is 0 Å². The lowest BCUT2D eigenvalue weighted by molar-refractivity contribution is 0.665. The monoisotopic (exact) mass is 291 g/mol. The molecule has 2 rings (SSSR count). The second-order valence-corrected chi connectivity index (χ2v) is 6.15. The fourth-order valence-corrected chi connectivity index (χ4v) is 3.16. The molecule has 0 aliphatic heterocycles. The van der Waals surface area contributed by atoms with Gasteiger partial charge >= 0.3 is 0 Å². The Morgan fingerprint density at radius 1 is 1.25 bits per heavy atom. The Morgan fingerprint density at radius 3 is 2.75 bits per heavy atom. The minimum atomic E-state index is 0.915. The van der Waals surface area contributed by atoms with Crippen LogP contribution in [0.5, 0.6) is 0 Å². The smallest absolute Gasteiger partial charge is 0.190 e. The van der Waals surface area contributed by atoms with E-state index in [0.717, 1.165) is 31.9 Å². The Hall–Kier alpha value is -1.29. The summed E-state index contributed by atoms with van der Waals surface area (Å²) in [7, 11) is 1.83. The van der Waals surface area contributed by atoms with Gasteiger partial charge in [-0.15, -0.1) is 11.3 Å². The van der Waals surface area contributed by atoms with Gasteiger partial charge in [-0.05, 0) is 50.0 Å². The molecule has 0 spiro atoms. The molecule has 0 aromatic carbocycles. The van der Waals surface area contributed by atoms with Gasteiger partial charge in [0.15, 0.2) is 5.96 Å². The molecule has 0 saturated carbocycles. The van der Waals surface area contributed by atoms with Gasteiger partial charge in [0, 0.05) is 25.0 Å². The zero-order valence-electron chi connectivity index (χ0n) is 12.3. The molecule has 2 N–H and O–H groups in total. The van der Waals surface area contributed by atoms with Gasteiger partial charge < -0.3 is 10.6 Å². The molecule has 20 heavy (non-hydrogen) atoms. The third-order valence-corrected chi connectivity index (χ3v) is 4.53. The highest BCUT2D eigenvalue weighted by atomic mass is 32.1. The van der Waals surface area contributed by atoms with Crippen LogP contribution in [-0.4, -0.2) is 26.1 Å². The summed E-state index contributed by atoms with van der Waals surface area (Å²) in [5.41, 5.74) is 1.61. The van der Waals surface area contributed by atoms with Crippen molar-refractivity contribution in [2.75, 3.05) is 20.1 Å². The van der Waals surface area contributed by atoms with Gasteiger partial charge in [-0.1, -0.05) is 17.7 Å². The van der Waals surface area contributed by atoms with Crippen molar-refractivity contribution in [3.8, 4) is 0 Å². The average Bonchev–Trinajstić information content (AvgIpc) is 3.00. The highest BCUT2D eigenvalue weighted by Crippen LogP contribution is 2.19. The molecule has 1 aliphatic rings. The minimum absolute atomic E-state index is 0.915. The standard InChI is InChI=1S/C16H25N3S/c1-17-16(19-12-10-15-8-5-13-20-15)18-11-9-14-6-3-2-4-7-14/h5-6,8,13H,2-4,7,9-12H2,1H3,(H2,17,18,19). The predicted octanol–water partition coefficient (Wildman–Crippen LogP) is 3.35. The largest absolute Gasteiger partial charge is 0.356 e. The van der Waals surface area contributed by atoms with Crippen LogP contribution in [0.2, 0.25) is 0 Å². The summed E-state index contributed by atoms with van der Waals surface area (Å²) < 4.78 is 0. The number of aliphatic imine (C=N–C) groups is 1. The Kier molecular flexibility index (Phi) is 6.64. The zero-order chi connectivity index (χ0) is 14.0. The molecule has 4 heteroatoms. The third-order valence-electron chi connectivity index (χ3n) is 3.59. The first-order chi connectivity index (χ1) is 9.88. The molecule has 1 aliphatic carbocycles. The maximum Gasteiger partial charge on any atom is 0.190 e. The molecule has 0 radical (unpaired) electrons. The average molecular weight is 291 g/mol. The molecular weight excluding hydrogens is 266 g/mol. The van der Waals surface area contributed by atoms with Crippen molar-refractivity contribution in [2.24, 2.45) is 4.99 Å². The van der Waals surface area contributed by atoms with Crippen LogP contribution in [0.4, 0.5) is 0 Å². The minimum Gasteiger partial charge on any atom is -0.356 e. The summed E-state index contributed by atoms with van der Waals surface area (Å²) in [6.45, 7) is 1.91. The van der Waals surface area contributed by atoms with E-state index >= 15 is 0 Å². The molecule has 110 valence electrons. The summed E-state index contributed by atoms with van der Waals surface area (Å²) in [4.78, 5) is 5.68. The van der Waals surface area contributed by atoms with E-state index in [2.05, 4.69) is 39.2 Å². The van der Waals surface area contributed by atoms with E-state index in [1.807, 2.05) is 18.4 Å². The molecule has 0 fully saturated rings. The van der Waals surface area contributed by atoms with E-state index in [0.29, 0.717) is 0 Å². The van der Waals surface area contributed by atoms with Crippen molar-refractivity contribution in [2.45, 2.75) is 38.5 Å². The van der Waals surface area contributed by atoms with Gasteiger partial charge in [0.25, 0.3) is 0 Å². The van der Waals surface area contributed by atoms with Gasteiger partial charge in [-0.25, -0.2) is 0 Å². The fraction of sp³-hybridized carbons (Fsp3) is 0.562. The van der Waals surface area contributed by atoms with Crippen LogP contribution in [0.25, 0.3) is 0 Å². The Labute approximate surface area is 126 Å². The van der Waals surface area contributed by atoms with Crippen LogP contribution < -0.4 is 10.6 Å². The molecule has 0 bridgehead atoms. The molecule has 3 nitrogen and oxygen atoms in total. The quantitative estimate of drug-likeness (QED) is 0.479. The van der Waals surface area contributed by atoms with Crippen LogP contribution in [0.15, 0.2) is 34.2 Å². The normalized spacial score (nSPS) is 15.8. The fourth-order valence-electron chi connectivity index (χ4n) is 2.45. The third kappa shape index (κ3) is 5.37. The SMILES string of the molecule is CN=C(NCCC1=CCCCC1)NCCc1cccs1. The summed E-state index contributed by atoms with van der Waals surface area (Å²) in [6.07, 6.45) is 9.89. The molecule has 1 heterocycles. The first-order valence-electron chi connectivity index (χ1n) is 7.53. The molecule has 0 saturated heterocycles. The van der Waals surface area contributed by atoms with Crippen LogP contribution in [0.1, 0.15) is 37.0 Å². The lowest BCUT2D eigenvalue weighted by atomic mass is 9.97. The number of allylic oxidation sites excluding steroid dienone is 1. The van der Waals surface area contributed by atoms with Crippen molar-refractivity contribution in [1.29, 1.82) is 0 Å². The van der Waals surface area contributed by atoms with E-state index in [9.17, 15) is 0 Å². The zero-order valence-corrected chi connectivity index (χ0v) is 13.1. The van der Waals surface area contributed by atoms with E-state index < -0.39 is 0 Å². The van der Waals surface area contributed by atoms with Crippen molar-refractivity contribution >= 4 is 17.3 Å². The van der Waals surface area contributed by atoms with Gasteiger partial charge in [0.05, 0.1) is 0 Å². The maximum atomic E-state index is 4.27. The Bertz CT molecular complexity index is 435. The second kappa shape index (κ2) is 8.80. The number of thiophene rings is 1. The first kappa shape index (κ1) is 15.1. The summed E-state index contributed by atoms with van der Waals surface area (Å²) in [5, 5.41) is 8.90. The summed E-state index contributed by atoms with van der Waals surface area (Å²) >= 11 is 1.81. The van der Waals surface area contributed by atoms with Crippen molar-refractivity contribution < 1.29 is 0 Å². The topological polar surface area (TPSA) is 36.4 Å². The number of hydrogen-bond donors (Lipinski definition) is 2. The highest BCUT2D eigenvalue weighted by molar-refractivity contribution is 7.09. The number of rotatable bonds is 6. The summed E-state index contributed by atoms with van der Waals surface area (Å²) in [5.74, 6) is 0.915. The lowest BCUT2D eigenvalue weighted by Crippen LogP contribution is -2.38. The van der Waals surface area contributed by atoms with Crippen LogP contribution >= 0.6 is 11.3 Å². The van der Waals surface area contributed by atoms with Gasteiger partial charge in [0.2, 0.25) is 0 Å². The number of nitrogens with zero attached hydrogens (tertiary/aromatic N) is 1. The number of guanidine groups is 1. The van der Waals surface area contributed by atoms with E-state index in [-0.39, 0.29) is 0 Å². The van der Waals surface area contributed by atoms with Crippen molar-refractivity contribution in [3.05, 3.63) is 34.0 Å².